The fourth-order valence-corrected chi connectivity index (χ4v) is 2.68. The number of carboxylic acid groups (broad SMARTS) is 1. The number of rotatable bonds is 5. The van der Waals surface area contributed by atoms with Crippen molar-refractivity contribution in [2.75, 3.05) is 20.6 Å². The Morgan fingerprint density at radius 3 is 2.40 bits per heavy atom. The SMILES string of the molecule is CN(C)CC(CC(=O)O)C1CCCCC1. The number of hydrogen-bond donors (Lipinski definition) is 1. The topological polar surface area (TPSA) is 40.5 Å². The molecule has 0 aromatic rings. The first kappa shape index (κ1) is 12.5. The highest BCUT2D eigenvalue weighted by Crippen LogP contribution is 2.32. The minimum absolute atomic E-state index is 0.336. The molecule has 0 amide bonds. The lowest BCUT2D eigenvalue weighted by atomic mass is 9.78. The van der Waals surface area contributed by atoms with Gasteiger partial charge in [-0.05, 0) is 25.9 Å². The lowest BCUT2D eigenvalue weighted by molar-refractivity contribution is -0.138. The molecule has 1 unspecified atom stereocenters. The molecule has 1 aliphatic carbocycles. The molecule has 88 valence electrons. The molecule has 0 bridgehead atoms. The van der Waals surface area contributed by atoms with Crippen molar-refractivity contribution in [1.29, 1.82) is 0 Å². The Balaban J connectivity index is 2.48. The first-order chi connectivity index (χ1) is 7.09. The lowest BCUT2D eigenvalue weighted by Gasteiger charge is -2.31. The maximum absolute atomic E-state index is 10.8. The predicted octanol–water partition coefficient (Wildman–Crippen LogP) is 2.22. The van der Waals surface area contributed by atoms with Crippen molar-refractivity contribution < 1.29 is 9.90 Å². The lowest BCUT2D eigenvalue weighted by Crippen LogP contribution is -2.30. The van der Waals surface area contributed by atoms with Crippen molar-refractivity contribution in [3.05, 3.63) is 0 Å². The Hall–Kier alpha value is -0.570. The van der Waals surface area contributed by atoms with Gasteiger partial charge in [0.25, 0.3) is 0 Å². The first-order valence-electron chi connectivity index (χ1n) is 5.96. The average Bonchev–Trinajstić information content (AvgIpc) is 2.17. The van der Waals surface area contributed by atoms with Gasteiger partial charge >= 0.3 is 5.97 Å². The van der Waals surface area contributed by atoms with Crippen LogP contribution in [0.15, 0.2) is 0 Å². The molecule has 0 aromatic heterocycles. The van der Waals surface area contributed by atoms with Crippen LogP contribution in [0.2, 0.25) is 0 Å². The number of nitrogens with zero attached hydrogens (tertiary/aromatic N) is 1. The summed E-state index contributed by atoms with van der Waals surface area (Å²) in [5, 5.41) is 8.91. The molecule has 1 rings (SSSR count). The van der Waals surface area contributed by atoms with Gasteiger partial charge in [0.15, 0.2) is 0 Å². The summed E-state index contributed by atoms with van der Waals surface area (Å²) in [4.78, 5) is 12.9. The summed E-state index contributed by atoms with van der Waals surface area (Å²) in [6, 6.07) is 0. The highest BCUT2D eigenvalue weighted by molar-refractivity contribution is 5.67. The molecule has 3 heteroatoms. The van der Waals surface area contributed by atoms with Gasteiger partial charge in [0.1, 0.15) is 0 Å². The minimum atomic E-state index is -0.646. The molecule has 0 aromatic carbocycles. The van der Waals surface area contributed by atoms with Gasteiger partial charge in [-0.3, -0.25) is 4.79 Å². The molecule has 3 nitrogen and oxygen atoms in total. The summed E-state index contributed by atoms with van der Waals surface area (Å²) in [7, 11) is 4.05. The highest BCUT2D eigenvalue weighted by Gasteiger charge is 2.25. The van der Waals surface area contributed by atoms with Gasteiger partial charge < -0.3 is 10.0 Å². The molecule has 1 aliphatic rings. The van der Waals surface area contributed by atoms with Crippen LogP contribution in [0.5, 0.6) is 0 Å². The second-order valence-electron chi connectivity index (χ2n) is 5.02. The van der Waals surface area contributed by atoms with E-state index in [4.69, 9.17) is 5.11 Å². The van der Waals surface area contributed by atoms with Crippen LogP contribution in [0, 0.1) is 11.8 Å². The molecule has 0 saturated heterocycles. The van der Waals surface area contributed by atoms with Crippen LogP contribution in [0.3, 0.4) is 0 Å². The van der Waals surface area contributed by atoms with Gasteiger partial charge in [-0.1, -0.05) is 32.1 Å². The van der Waals surface area contributed by atoms with Crippen molar-refractivity contribution in [2.45, 2.75) is 38.5 Å². The summed E-state index contributed by atoms with van der Waals surface area (Å²) in [6.45, 7) is 0.914. The summed E-state index contributed by atoms with van der Waals surface area (Å²) in [5.41, 5.74) is 0. The van der Waals surface area contributed by atoms with Crippen molar-refractivity contribution in [3.63, 3.8) is 0 Å². The summed E-state index contributed by atoms with van der Waals surface area (Å²) < 4.78 is 0. The fraction of sp³-hybridized carbons (Fsp3) is 0.917. The second-order valence-corrected chi connectivity index (χ2v) is 5.02. The van der Waals surface area contributed by atoms with E-state index in [0.29, 0.717) is 18.3 Å². The average molecular weight is 213 g/mol. The largest absolute Gasteiger partial charge is 0.481 e. The Morgan fingerprint density at radius 2 is 1.93 bits per heavy atom. The molecule has 0 spiro atoms. The number of hydrogen-bond acceptors (Lipinski definition) is 2. The third-order valence-electron chi connectivity index (χ3n) is 3.35. The monoisotopic (exact) mass is 213 g/mol. The Bertz CT molecular complexity index is 198. The quantitative estimate of drug-likeness (QED) is 0.761. The van der Waals surface area contributed by atoms with Gasteiger partial charge in [0.05, 0.1) is 0 Å². The maximum atomic E-state index is 10.8. The van der Waals surface area contributed by atoms with Crippen molar-refractivity contribution in [2.24, 2.45) is 11.8 Å². The molecule has 1 atom stereocenters. The van der Waals surface area contributed by atoms with Crippen molar-refractivity contribution >= 4 is 5.97 Å². The van der Waals surface area contributed by atoms with Gasteiger partial charge in [0.2, 0.25) is 0 Å². The van der Waals surface area contributed by atoms with E-state index in [0.717, 1.165) is 6.54 Å². The second kappa shape index (κ2) is 6.11. The van der Waals surface area contributed by atoms with E-state index in [1.165, 1.54) is 32.1 Å². The maximum Gasteiger partial charge on any atom is 0.303 e. The smallest absolute Gasteiger partial charge is 0.303 e. The standard InChI is InChI=1S/C12H23NO2/c1-13(2)9-11(8-12(14)15)10-6-4-3-5-7-10/h10-11H,3-9H2,1-2H3,(H,14,15). The Labute approximate surface area is 92.5 Å². The number of aliphatic carboxylic acids is 1. The molecule has 1 fully saturated rings. The van der Waals surface area contributed by atoms with Crippen LogP contribution in [0.25, 0.3) is 0 Å². The molecular weight excluding hydrogens is 190 g/mol. The zero-order valence-electron chi connectivity index (χ0n) is 9.91. The van der Waals surface area contributed by atoms with E-state index in [-0.39, 0.29) is 0 Å². The van der Waals surface area contributed by atoms with Gasteiger partial charge in [0, 0.05) is 13.0 Å². The summed E-state index contributed by atoms with van der Waals surface area (Å²) in [6.07, 6.45) is 6.70. The Kier molecular flexibility index (Phi) is 5.09. The molecular formula is C12H23NO2. The van der Waals surface area contributed by atoms with Crippen LogP contribution < -0.4 is 0 Å². The third-order valence-corrected chi connectivity index (χ3v) is 3.35. The van der Waals surface area contributed by atoms with E-state index < -0.39 is 5.97 Å². The van der Waals surface area contributed by atoms with E-state index in [1.807, 2.05) is 14.1 Å². The van der Waals surface area contributed by atoms with Crippen molar-refractivity contribution in [3.8, 4) is 0 Å². The normalized spacial score (nSPS) is 20.5. The summed E-state index contributed by atoms with van der Waals surface area (Å²) in [5.74, 6) is 0.336. The summed E-state index contributed by atoms with van der Waals surface area (Å²) >= 11 is 0. The fourth-order valence-electron chi connectivity index (χ4n) is 2.68. The number of carboxylic acids is 1. The van der Waals surface area contributed by atoms with Crippen LogP contribution in [0.1, 0.15) is 38.5 Å². The molecule has 1 saturated carbocycles. The minimum Gasteiger partial charge on any atom is -0.481 e. The van der Waals surface area contributed by atoms with Gasteiger partial charge in [-0.2, -0.15) is 0 Å². The van der Waals surface area contributed by atoms with Gasteiger partial charge in [-0.15, -0.1) is 0 Å². The zero-order valence-corrected chi connectivity index (χ0v) is 9.91. The molecule has 0 radical (unpaired) electrons. The Morgan fingerprint density at radius 1 is 1.33 bits per heavy atom. The third kappa shape index (κ3) is 4.65. The number of carbonyl (C=O) groups is 1. The van der Waals surface area contributed by atoms with Crippen LogP contribution in [0.4, 0.5) is 0 Å². The molecule has 15 heavy (non-hydrogen) atoms. The van der Waals surface area contributed by atoms with Crippen LogP contribution in [-0.4, -0.2) is 36.6 Å². The van der Waals surface area contributed by atoms with E-state index in [1.54, 1.807) is 0 Å². The molecule has 1 N–H and O–H groups in total. The van der Waals surface area contributed by atoms with Crippen LogP contribution in [-0.2, 0) is 4.79 Å². The highest BCUT2D eigenvalue weighted by atomic mass is 16.4. The van der Waals surface area contributed by atoms with Crippen molar-refractivity contribution in [1.82, 2.24) is 4.90 Å². The molecule has 0 heterocycles. The molecule has 0 aliphatic heterocycles. The van der Waals surface area contributed by atoms with E-state index in [2.05, 4.69) is 4.90 Å². The first-order valence-corrected chi connectivity index (χ1v) is 5.96. The van der Waals surface area contributed by atoms with E-state index in [9.17, 15) is 4.79 Å². The zero-order chi connectivity index (χ0) is 11.3. The van der Waals surface area contributed by atoms with Crippen LogP contribution >= 0.6 is 0 Å². The predicted molar refractivity (Wildman–Crippen MR) is 60.9 cm³/mol. The van der Waals surface area contributed by atoms with Gasteiger partial charge in [-0.25, -0.2) is 0 Å². The van der Waals surface area contributed by atoms with E-state index >= 15 is 0 Å².